The van der Waals surface area contributed by atoms with Gasteiger partial charge in [0.2, 0.25) is 11.8 Å². The van der Waals surface area contributed by atoms with Crippen LogP contribution in [0.2, 0.25) is 0 Å². The Morgan fingerprint density at radius 3 is 2.53 bits per heavy atom. The molecule has 0 unspecified atom stereocenters. The van der Waals surface area contributed by atoms with E-state index >= 15 is 0 Å². The van der Waals surface area contributed by atoms with Crippen LogP contribution in [-0.2, 0) is 4.79 Å². The average Bonchev–Trinajstić information content (AvgIpc) is 2.88. The van der Waals surface area contributed by atoms with E-state index in [0.717, 1.165) is 0 Å². The van der Waals surface area contributed by atoms with Gasteiger partial charge in [0.25, 0.3) is 5.91 Å². The van der Waals surface area contributed by atoms with Crippen LogP contribution in [0.5, 0.6) is 0 Å². The molecule has 0 bridgehead atoms. The second kappa shape index (κ2) is 5.86. The summed E-state index contributed by atoms with van der Waals surface area (Å²) < 4.78 is 5.10. The van der Waals surface area contributed by atoms with Gasteiger partial charge in [-0.1, -0.05) is 25.1 Å². The Labute approximate surface area is 110 Å². The van der Waals surface area contributed by atoms with Gasteiger partial charge >= 0.3 is 0 Å². The first-order valence-corrected chi connectivity index (χ1v) is 5.94. The van der Waals surface area contributed by atoms with Crippen molar-refractivity contribution in [1.82, 2.24) is 0 Å². The zero-order valence-electron chi connectivity index (χ0n) is 10.5. The van der Waals surface area contributed by atoms with Crippen molar-refractivity contribution in [2.24, 2.45) is 0 Å². The van der Waals surface area contributed by atoms with Gasteiger partial charge in [-0.15, -0.1) is 0 Å². The minimum absolute atomic E-state index is 0.167. The highest BCUT2D eigenvalue weighted by Crippen LogP contribution is 2.19. The van der Waals surface area contributed by atoms with E-state index in [4.69, 9.17) is 4.42 Å². The Hall–Kier alpha value is -2.56. The maximum atomic E-state index is 12.0. The number of carbonyl (C=O) groups is 2. The van der Waals surface area contributed by atoms with Crippen LogP contribution < -0.4 is 10.6 Å². The fourth-order valence-electron chi connectivity index (χ4n) is 1.52. The van der Waals surface area contributed by atoms with E-state index in [0.29, 0.717) is 17.7 Å². The van der Waals surface area contributed by atoms with Crippen molar-refractivity contribution in [1.29, 1.82) is 0 Å². The van der Waals surface area contributed by atoms with Gasteiger partial charge in [0.1, 0.15) is 5.56 Å². The molecule has 2 aromatic rings. The third-order valence-corrected chi connectivity index (χ3v) is 2.52. The Bertz CT molecular complexity index is 575. The molecular weight excluding hydrogens is 244 g/mol. The van der Waals surface area contributed by atoms with Crippen LogP contribution in [0.4, 0.5) is 11.6 Å². The first-order valence-electron chi connectivity index (χ1n) is 5.94. The monoisotopic (exact) mass is 258 g/mol. The van der Waals surface area contributed by atoms with Crippen molar-refractivity contribution in [3.63, 3.8) is 0 Å². The number of hydrogen-bond donors (Lipinski definition) is 2. The summed E-state index contributed by atoms with van der Waals surface area (Å²) in [7, 11) is 0. The summed E-state index contributed by atoms with van der Waals surface area (Å²) in [5, 5.41) is 5.27. The van der Waals surface area contributed by atoms with E-state index in [-0.39, 0.29) is 17.7 Å². The van der Waals surface area contributed by atoms with E-state index < -0.39 is 0 Å². The molecule has 0 spiro atoms. The lowest BCUT2D eigenvalue weighted by molar-refractivity contribution is -0.116. The van der Waals surface area contributed by atoms with Gasteiger partial charge in [0.05, 0.1) is 6.26 Å². The molecule has 5 heteroatoms. The van der Waals surface area contributed by atoms with E-state index in [1.54, 1.807) is 19.1 Å². The molecule has 5 nitrogen and oxygen atoms in total. The van der Waals surface area contributed by atoms with Crippen LogP contribution >= 0.6 is 0 Å². The van der Waals surface area contributed by atoms with Gasteiger partial charge in [0, 0.05) is 12.1 Å². The summed E-state index contributed by atoms with van der Waals surface area (Å²) in [5.41, 5.74) is 0.979. The topological polar surface area (TPSA) is 71.3 Å². The summed E-state index contributed by atoms with van der Waals surface area (Å²) in [6.07, 6.45) is 1.69. The number of benzene rings is 1. The molecule has 1 aromatic carbocycles. The SMILES string of the molecule is CCC(=O)Nc1occc1C(=O)Nc1ccccc1. The molecule has 0 saturated carbocycles. The summed E-state index contributed by atoms with van der Waals surface area (Å²) in [5.74, 6) is -0.365. The Morgan fingerprint density at radius 2 is 1.84 bits per heavy atom. The number of carbonyl (C=O) groups excluding carboxylic acids is 2. The number of furan rings is 1. The van der Waals surface area contributed by atoms with Crippen LogP contribution in [0.25, 0.3) is 0 Å². The number of nitrogens with one attached hydrogen (secondary N) is 2. The zero-order valence-corrected chi connectivity index (χ0v) is 10.5. The highest BCUT2D eigenvalue weighted by Gasteiger charge is 2.16. The number of rotatable bonds is 4. The quantitative estimate of drug-likeness (QED) is 0.885. The third kappa shape index (κ3) is 3.22. The van der Waals surface area contributed by atoms with Gasteiger partial charge < -0.3 is 9.73 Å². The van der Waals surface area contributed by atoms with Gasteiger partial charge in [0.15, 0.2) is 0 Å². The van der Waals surface area contributed by atoms with Gasteiger partial charge in [-0.2, -0.15) is 0 Å². The number of para-hydroxylation sites is 1. The lowest BCUT2D eigenvalue weighted by atomic mass is 10.2. The largest absolute Gasteiger partial charge is 0.448 e. The molecule has 1 heterocycles. The molecular formula is C14H14N2O3. The van der Waals surface area contributed by atoms with Crippen LogP contribution in [0.3, 0.4) is 0 Å². The van der Waals surface area contributed by atoms with Crippen LogP contribution in [-0.4, -0.2) is 11.8 Å². The normalized spacial score (nSPS) is 9.95. The van der Waals surface area contributed by atoms with Crippen molar-refractivity contribution < 1.29 is 14.0 Å². The van der Waals surface area contributed by atoms with Crippen LogP contribution in [0, 0.1) is 0 Å². The Kier molecular flexibility index (Phi) is 3.97. The zero-order chi connectivity index (χ0) is 13.7. The molecule has 0 radical (unpaired) electrons. The second-order valence-electron chi connectivity index (χ2n) is 3.89. The summed E-state index contributed by atoms with van der Waals surface area (Å²) in [6, 6.07) is 10.6. The molecule has 0 atom stereocenters. The van der Waals surface area contributed by atoms with E-state index in [9.17, 15) is 9.59 Å². The lowest BCUT2D eigenvalue weighted by Crippen LogP contribution is -2.16. The Morgan fingerprint density at radius 1 is 1.11 bits per heavy atom. The smallest absolute Gasteiger partial charge is 0.261 e. The number of anilines is 2. The van der Waals surface area contributed by atoms with Crippen LogP contribution in [0.15, 0.2) is 47.1 Å². The molecule has 2 amide bonds. The molecule has 0 aliphatic heterocycles. The summed E-state index contributed by atoms with van der Waals surface area (Å²) in [4.78, 5) is 23.4. The standard InChI is InChI=1S/C14H14N2O3/c1-2-12(17)16-14-11(8-9-19-14)13(18)15-10-6-4-3-5-7-10/h3-9H,2H2,1H3,(H,15,18)(H,16,17). The van der Waals surface area contributed by atoms with Crippen LogP contribution in [0.1, 0.15) is 23.7 Å². The van der Waals surface area contributed by atoms with Crippen molar-refractivity contribution in [3.05, 3.63) is 48.2 Å². The number of hydrogen-bond acceptors (Lipinski definition) is 3. The highest BCUT2D eigenvalue weighted by molar-refractivity contribution is 6.09. The Balaban J connectivity index is 2.12. The van der Waals surface area contributed by atoms with Crippen molar-refractivity contribution >= 4 is 23.4 Å². The molecule has 2 N–H and O–H groups in total. The van der Waals surface area contributed by atoms with E-state index in [2.05, 4.69) is 10.6 Å². The van der Waals surface area contributed by atoms with E-state index in [1.165, 1.54) is 12.3 Å². The predicted molar refractivity (Wildman–Crippen MR) is 72.0 cm³/mol. The first-order chi connectivity index (χ1) is 9.20. The highest BCUT2D eigenvalue weighted by atomic mass is 16.3. The molecule has 0 saturated heterocycles. The third-order valence-electron chi connectivity index (χ3n) is 2.52. The molecule has 2 rings (SSSR count). The second-order valence-corrected chi connectivity index (χ2v) is 3.89. The van der Waals surface area contributed by atoms with Gasteiger partial charge in [-0.3, -0.25) is 14.9 Å². The van der Waals surface area contributed by atoms with Crippen molar-refractivity contribution in [3.8, 4) is 0 Å². The van der Waals surface area contributed by atoms with Gasteiger partial charge in [-0.05, 0) is 18.2 Å². The number of amides is 2. The lowest BCUT2D eigenvalue weighted by Gasteiger charge is -2.05. The fraction of sp³-hybridized carbons (Fsp3) is 0.143. The molecule has 98 valence electrons. The fourth-order valence-corrected chi connectivity index (χ4v) is 1.52. The van der Waals surface area contributed by atoms with E-state index in [1.807, 2.05) is 18.2 Å². The molecule has 0 aliphatic carbocycles. The molecule has 1 aromatic heterocycles. The average molecular weight is 258 g/mol. The minimum atomic E-state index is -0.327. The summed E-state index contributed by atoms with van der Waals surface area (Å²) >= 11 is 0. The molecule has 19 heavy (non-hydrogen) atoms. The minimum Gasteiger partial charge on any atom is -0.448 e. The molecule has 0 aliphatic rings. The summed E-state index contributed by atoms with van der Waals surface area (Å²) in [6.45, 7) is 1.72. The first kappa shape index (κ1) is 12.9. The van der Waals surface area contributed by atoms with Crippen molar-refractivity contribution in [2.75, 3.05) is 10.6 Å². The maximum Gasteiger partial charge on any atom is 0.261 e. The van der Waals surface area contributed by atoms with Crippen molar-refractivity contribution in [2.45, 2.75) is 13.3 Å². The predicted octanol–water partition coefficient (Wildman–Crippen LogP) is 2.88. The van der Waals surface area contributed by atoms with Gasteiger partial charge in [-0.25, -0.2) is 0 Å². The maximum absolute atomic E-state index is 12.0. The molecule has 0 fully saturated rings.